The number of carbonyl (C=O) groups is 2. The molecule has 2 saturated heterocycles. The molecule has 2 fully saturated rings. The Labute approximate surface area is 169 Å². The number of rotatable bonds is 5. The minimum absolute atomic E-state index is 0.00762. The first-order valence-electron chi connectivity index (χ1n) is 9.98. The Morgan fingerprint density at radius 2 is 1.90 bits per heavy atom. The van der Waals surface area contributed by atoms with Gasteiger partial charge in [-0.2, -0.15) is 0 Å². The molecule has 2 aliphatic rings. The van der Waals surface area contributed by atoms with Crippen LogP contribution in [0.4, 0.5) is 4.39 Å². The number of para-hydroxylation sites is 1. The molecule has 0 saturated carbocycles. The van der Waals surface area contributed by atoms with E-state index in [9.17, 15) is 14.0 Å². The highest BCUT2D eigenvalue weighted by atomic mass is 19.1. The van der Waals surface area contributed by atoms with Crippen molar-refractivity contribution >= 4 is 11.8 Å². The Balaban J connectivity index is 1.28. The molecule has 3 heterocycles. The molecule has 4 rings (SSSR count). The van der Waals surface area contributed by atoms with E-state index in [1.54, 1.807) is 29.3 Å². The third-order valence-corrected chi connectivity index (χ3v) is 5.53. The average molecular weight is 397 g/mol. The summed E-state index contributed by atoms with van der Waals surface area (Å²) in [7, 11) is 0. The molecule has 1 aromatic carbocycles. The Bertz CT molecular complexity index is 869. The first kappa shape index (κ1) is 19.4. The van der Waals surface area contributed by atoms with E-state index in [0.29, 0.717) is 39.0 Å². The van der Waals surface area contributed by atoms with Gasteiger partial charge in [-0.1, -0.05) is 18.2 Å². The lowest BCUT2D eigenvalue weighted by molar-refractivity contribution is -0.137. The van der Waals surface area contributed by atoms with Crippen LogP contribution in [0.3, 0.4) is 0 Å². The topological polar surface area (TPSA) is 62.7 Å². The van der Waals surface area contributed by atoms with Crippen molar-refractivity contribution in [1.82, 2.24) is 14.8 Å². The smallest absolute Gasteiger partial charge is 0.227 e. The lowest BCUT2D eigenvalue weighted by atomic mass is 10.0. The Morgan fingerprint density at radius 1 is 1.14 bits per heavy atom. The number of nitrogens with zero attached hydrogens (tertiary/aromatic N) is 3. The zero-order valence-electron chi connectivity index (χ0n) is 16.2. The Morgan fingerprint density at radius 3 is 2.62 bits per heavy atom. The number of halogens is 1. The van der Waals surface area contributed by atoms with Crippen molar-refractivity contribution in [3.8, 4) is 5.75 Å². The number of piperidine rings is 1. The van der Waals surface area contributed by atoms with Crippen LogP contribution in [0.1, 0.15) is 25.0 Å². The summed E-state index contributed by atoms with van der Waals surface area (Å²) in [4.78, 5) is 33.0. The molecule has 2 aromatic rings. The number of ether oxygens (including phenoxy) is 1. The molecule has 0 spiro atoms. The summed E-state index contributed by atoms with van der Waals surface area (Å²) < 4.78 is 19.5. The molecule has 0 N–H and O–H groups in total. The quantitative estimate of drug-likeness (QED) is 0.778. The minimum Gasteiger partial charge on any atom is -0.487 e. The lowest BCUT2D eigenvalue weighted by Gasteiger charge is -2.33. The molecule has 2 aliphatic heterocycles. The van der Waals surface area contributed by atoms with Gasteiger partial charge in [0, 0.05) is 45.1 Å². The molecule has 0 bridgehead atoms. The van der Waals surface area contributed by atoms with Crippen molar-refractivity contribution in [2.45, 2.75) is 31.9 Å². The molecule has 0 unspecified atom stereocenters. The fraction of sp³-hybridized carbons (Fsp3) is 0.409. The van der Waals surface area contributed by atoms with Gasteiger partial charge in [0.15, 0.2) is 11.6 Å². The third-order valence-electron chi connectivity index (χ3n) is 5.53. The van der Waals surface area contributed by atoms with Crippen LogP contribution in [0.5, 0.6) is 5.75 Å². The fourth-order valence-corrected chi connectivity index (χ4v) is 3.95. The molecule has 2 amide bonds. The highest BCUT2D eigenvalue weighted by molar-refractivity contribution is 5.89. The summed E-state index contributed by atoms with van der Waals surface area (Å²) in [5.41, 5.74) is 0.819. The standard InChI is InChI=1S/C22H24FN3O3/c23-19-6-1-2-7-20(19)29-18-8-11-25(12-9-18)22(28)16-13-21(27)26(14-16)15-17-5-3-4-10-24-17/h1-7,10,16,18H,8-9,11-15H2/t16-/m1/s1. The van der Waals surface area contributed by atoms with Gasteiger partial charge in [-0.05, 0) is 24.3 Å². The van der Waals surface area contributed by atoms with Gasteiger partial charge in [0.05, 0.1) is 18.2 Å². The molecule has 152 valence electrons. The molecule has 6 nitrogen and oxygen atoms in total. The van der Waals surface area contributed by atoms with Crippen molar-refractivity contribution in [1.29, 1.82) is 0 Å². The number of amides is 2. The van der Waals surface area contributed by atoms with E-state index in [-0.39, 0.29) is 41.8 Å². The van der Waals surface area contributed by atoms with E-state index < -0.39 is 0 Å². The summed E-state index contributed by atoms with van der Waals surface area (Å²) in [5, 5.41) is 0. The van der Waals surface area contributed by atoms with Gasteiger partial charge < -0.3 is 14.5 Å². The number of aromatic nitrogens is 1. The van der Waals surface area contributed by atoms with Gasteiger partial charge in [-0.25, -0.2) is 4.39 Å². The summed E-state index contributed by atoms with van der Waals surface area (Å²) >= 11 is 0. The minimum atomic E-state index is -0.372. The van der Waals surface area contributed by atoms with Crippen LogP contribution < -0.4 is 4.74 Å². The van der Waals surface area contributed by atoms with Crippen LogP contribution in [-0.4, -0.2) is 52.3 Å². The number of carbonyl (C=O) groups excluding carboxylic acids is 2. The highest BCUT2D eigenvalue weighted by Crippen LogP contribution is 2.25. The maximum absolute atomic E-state index is 13.8. The van der Waals surface area contributed by atoms with Gasteiger partial charge in [0.25, 0.3) is 0 Å². The maximum Gasteiger partial charge on any atom is 0.227 e. The highest BCUT2D eigenvalue weighted by Gasteiger charge is 2.37. The van der Waals surface area contributed by atoms with Crippen LogP contribution in [-0.2, 0) is 16.1 Å². The average Bonchev–Trinajstić information content (AvgIpc) is 3.11. The fourth-order valence-electron chi connectivity index (χ4n) is 3.95. The van der Waals surface area contributed by atoms with Crippen molar-refractivity contribution in [2.24, 2.45) is 5.92 Å². The Kier molecular flexibility index (Phi) is 5.74. The normalized spacial score (nSPS) is 20.2. The van der Waals surface area contributed by atoms with E-state index in [4.69, 9.17) is 4.74 Å². The zero-order valence-corrected chi connectivity index (χ0v) is 16.2. The summed E-state index contributed by atoms with van der Waals surface area (Å²) in [5.74, 6) is -0.416. The summed E-state index contributed by atoms with van der Waals surface area (Å²) in [6, 6.07) is 12.0. The molecule has 7 heteroatoms. The van der Waals surface area contributed by atoms with Gasteiger partial charge >= 0.3 is 0 Å². The molecule has 1 atom stereocenters. The zero-order chi connectivity index (χ0) is 20.2. The van der Waals surface area contributed by atoms with Crippen LogP contribution >= 0.6 is 0 Å². The number of benzene rings is 1. The van der Waals surface area contributed by atoms with Crippen LogP contribution in [0.25, 0.3) is 0 Å². The first-order chi connectivity index (χ1) is 14.1. The second kappa shape index (κ2) is 8.59. The van der Waals surface area contributed by atoms with Crippen LogP contribution in [0.15, 0.2) is 48.7 Å². The van der Waals surface area contributed by atoms with E-state index in [1.807, 2.05) is 23.1 Å². The van der Waals surface area contributed by atoms with Crippen molar-refractivity contribution in [2.75, 3.05) is 19.6 Å². The van der Waals surface area contributed by atoms with E-state index in [1.165, 1.54) is 6.07 Å². The predicted molar refractivity (Wildman–Crippen MR) is 104 cm³/mol. The van der Waals surface area contributed by atoms with Gasteiger partial charge in [-0.3, -0.25) is 14.6 Å². The molecular weight excluding hydrogens is 373 g/mol. The summed E-state index contributed by atoms with van der Waals surface area (Å²) in [6.07, 6.45) is 3.14. The van der Waals surface area contributed by atoms with Crippen molar-refractivity contribution in [3.05, 3.63) is 60.2 Å². The van der Waals surface area contributed by atoms with E-state index in [0.717, 1.165) is 5.69 Å². The van der Waals surface area contributed by atoms with Crippen LogP contribution in [0.2, 0.25) is 0 Å². The SMILES string of the molecule is O=C1C[C@@H](C(=O)N2CCC(Oc3ccccc3F)CC2)CN1Cc1ccccn1. The largest absolute Gasteiger partial charge is 0.487 e. The molecule has 1 aromatic heterocycles. The van der Waals surface area contributed by atoms with Crippen LogP contribution in [0, 0.1) is 11.7 Å². The second-order valence-electron chi connectivity index (χ2n) is 7.57. The lowest BCUT2D eigenvalue weighted by Crippen LogP contribution is -2.44. The predicted octanol–water partition coefficient (Wildman–Crippen LogP) is 2.64. The second-order valence-corrected chi connectivity index (χ2v) is 7.57. The van der Waals surface area contributed by atoms with Crippen molar-refractivity contribution in [3.63, 3.8) is 0 Å². The van der Waals surface area contributed by atoms with E-state index >= 15 is 0 Å². The number of hydrogen-bond acceptors (Lipinski definition) is 4. The monoisotopic (exact) mass is 397 g/mol. The third kappa shape index (κ3) is 4.55. The van der Waals surface area contributed by atoms with Gasteiger partial charge in [-0.15, -0.1) is 0 Å². The number of likely N-dealkylation sites (tertiary alicyclic amines) is 2. The maximum atomic E-state index is 13.8. The molecule has 29 heavy (non-hydrogen) atoms. The van der Waals surface area contributed by atoms with Gasteiger partial charge in [0.1, 0.15) is 6.10 Å². The molecule has 0 aliphatic carbocycles. The van der Waals surface area contributed by atoms with Gasteiger partial charge in [0.2, 0.25) is 11.8 Å². The first-order valence-corrected chi connectivity index (χ1v) is 9.98. The molecule has 0 radical (unpaired) electrons. The Hall–Kier alpha value is -2.96. The molecular formula is C22H24FN3O3. The number of pyridine rings is 1. The number of hydrogen-bond donors (Lipinski definition) is 0. The van der Waals surface area contributed by atoms with Crippen molar-refractivity contribution < 1.29 is 18.7 Å². The van der Waals surface area contributed by atoms with E-state index in [2.05, 4.69) is 4.98 Å². The summed E-state index contributed by atoms with van der Waals surface area (Å²) in [6.45, 7) is 1.98.